The van der Waals surface area contributed by atoms with Crippen LogP contribution in [-0.2, 0) is 24.5 Å². The van der Waals surface area contributed by atoms with Crippen LogP contribution in [0, 0.1) is 6.92 Å². The van der Waals surface area contributed by atoms with E-state index in [9.17, 15) is 8.42 Å². The van der Waals surface area contributed by atoms with Crippen molar-refractivity contribution in [1.82, 2.24) is 0 Å². The normalized spacial score (nSPS) is 14.1. The van der Waals surface area contributed by atoms with Gasteiger partial charge in [-0.15, -0.1) is 0 Å². The lowest BCUT2D eigenvalue weighted by Gasteiger charge is -2.28. The lowest BCUT2D eigenvalue weighted by Crippen LogP contribution is -2.43. The van der Waals surface area contributed by atoms with Crippen molar-refractivity contribution in [3.05, 3.63) is 65.7 Å². The second-order valence-corrected chi connectivity index (χ2v) is 6.59. The molecule has 0 heterocycles. The zero-order valence-corrected chi connectivity index (χ0v) is 14.5. The Kier molecular flexibility index (Phi) is 5.95. The second kappa shape index (κ2) is 7.76. The molecule has 0 aliphatic carbocycles. The zero-order valence-electron chi connectivity index (χ0n) is 13.6. The molecule has 0 aliphatic heterocycles. The maximum Gasteiger partial charge on any atom is 0.401 e. The summed E-state index contributed by atoms with van der Waals surface area (Å²) in [6.45, 7) is 2.10. The van der Waals surface area contributed by atoms with Crippen molar-refractivity contribution in [2.45, 2.75) is 19.1 Å². The van der Waals surface area contributed by atoms with Gasteiger partial charge in [0.25, 0.3) is 0 Å². The van der Waals surface area contributed by atoms with Gasteiger partial charge >= 0.3 is 10.4 Å². The minimum absolute atomic E-state index is 0.119. The molecule has 130 valence electrons. The smallest absolute Gasteiger partial charge is 0.401 e. The van der Waals surface area contributed by atoms with Gasteiger partial charge in [-0.05, 0) is 24.1 Å². The quantitative estimate of drug-likeness (QED) is 0.735. The molecule has 0 aromatic heterocycles. The summed E-state index contributed by atoms with van der Waals surface area (Å²) in [4.78, 5) is 0. The molecule has 1 atom stereocenters. The number of para-hydroxylation sites is 1. The number of ether oxygens (including phenoxy) is 1. The van der Waals surface area contributed by atoms with Crippen LogP contribution in [0.3, 0.4) is 0 Å². The van der Waals surface area contributed by atoms with Crippen molar-refractivity contribution in [2.75, 3.05) is 13.7 Å². The van der Waals surface area contributed by atoms with Gasteiger partial charge < -0.3 is 4.74 Å². The minimum Gasteiger partial charge on any atom is -0.493 e. The van der Waals surface area contributed by atoms with Gasteiger partial charge in [-0.3, -0.25) is 9.92 Å². The van der Waals surface area contributed by atoms with Crippen LogP contribution >= 0.6 is 0 Å². The summed E-state index contributed by atoms with van der Waals surface area (Å²) in [5.74, 6) is 0.711. The van der Waals surface area contributed by atoms with Gasteiger partial charge in [0.15, 0.2) is 5.72 Å². The largest absolute Gasteiger partial charge is 0.493 e. The Hall–Kier alpha value is -1.93. The fourth-order valence-electron chi connectivity index (χ4n) is 2.20. The van der Waals surface area contributed by atoms with E-state index < -0.39 is 16.1 Å². The SMILES string of the molecule is COS(=O)(=O)OC(N)(CCOc1ccccc1C)c1ccccc1. The number of aryl methyl sites for hydroxylation is 1. The van der Waals surface area contributed by atoms with Gasteiger partial charge in [0.05, 0.1) is 13.7 Å². The number of hydrogen-bond acceptors (Lipinski definition) is 6. The molecule has 0 spiro atoms. The van der Waals surface area contributed by atoms with E-state index in [1.165, 1.54) is 0 Å². The molecule has 2 aromatic rings. The molecule has 0 radical (unpaired) electrons. The molecule has 1 unspecified atom stereocenters. The van der Waals surface area contributed by atoms with E-state index in [-0.39, 0.29) is 13.0 Å². The van der Waals surface area contributed by atoms with Crippen LogP contribution < -0.4 is 10.5 Å². The summed E-state index contributed by atoms with van der Waals surface area (Å²) in [6, 6.07) is 16.2. The summed E-state index contributed by atoms with van der Waals surface area (Å²) < 4.78 is 38.6. The molecule has 0 saturated carbocycles. The lowest BCUT2D eigenvalue weighted by atomic mass is 10.0. The Morgan fingerprint density at radius 3 is 2.29 bits per heavy atom. The van der Waals surface area contributed by atoms with E-state index in [1.807, 2.05) is 31.2 Å². The minimum atomic E-state index is -4.21. The molecule has 2 N–H and O–H groups in total. The molecule has 0 saturated heterocycles. The summed E-state index contributed by atoms with van der Waals surface area (Å²) >= 11 is 0. The average Bonchev–Trinajstić information content (AvgIpc) is 2.57. The van der Waals surface area contributed by atoms with Crippen LogP contribution in [0.4, 0.5) is 0 Å². The highest BCUT2D eigenvalue weighted by atomic mass is 32.3. The van der Waals surface area contributed by atoms with Crippen LogP contribution in [0.1, 0.15) is 17.5 Å². The Bertz CT molecular complexity index is 764. The maximum atomic E-state index is 11.7. The van der Waals surface area contributed by atoms with Gasteiger partial charge in [0.2, 0.25) is 0 Å². The van der Waals surface area contributed by atoms with Gasteiger partial charge in [-0.2, -0.15) is 8.42 Å². The maximum absolute atomic E-state index is 11.7. The molecule has 2 rings (SSSR count). The van der Waals surface area contributed by atoms with Crippen LogP contribution in [-0.4, -0.2) is 22.1 Å². The van der Waals surface area contributed by atoms with E-state index in [2.05, 4.69) is 4.18 Å². The van der Waals surface area contributed by atoms with E-state index >= 15 is 0 Å². The fourth-order valence-corrected chi connectivity index (χ4v) is 2.81. The summed E-state index contributed by atoms with van der Waals surface area (Å²) in [5, 5.41) is 0. The van der Waals surface area contributed by atoms with E-state index in [1.54, 1.807) is 30.3 Å². The Morgan fingerprint density at radius 2 is 1.67 bits per heavy atom. The molecule has 0 aliphatic rings. The topological polar surface area (TPSA) is 87.9 Å². The van der Waals surface area contributed by atoms with Gasteiger partial charge in [0.1, 0.15) is 5.75 Å². The summed E-state index contributed by atoms with van der Waals surface area (Å²) in [5.41, 5.74) is 6.13. The van der Waals surface area contributed by atoms with Crippen molar-refractivity contribution in [3.8, 4) is 5.75 Å². The number of benzene rings is 2. The predicted octanol–water partition coefficient (Wildman–Crippen LogP) is 2.48. The van der Waals surface area contributed by atoms with Crippen LogP contribution in [0.15, 0.2) is 54.6 Å². The van der Waals surface area contributed by atoms with E-state index in [4.69, 9.17) is 14.7 Å². The van der Waals surface area contributed by atoms with E-state index in [0.29, 0.717) is 11.3 Å². The van der Waals surface area contributed by atoms with Gasteiger partial charge in [0, 0.05) is 6.42 Å². The molecular weight excluding hydrogens is 330 g/mol. The number of rotatable bonds is 8. The average molecular weight is 351 g/mol. The first-order valence-corrected chi connectivity index (χ1v) is 8.74. The van der Waals surface area contributed by atoms with Crippen molar-refractivity contribution in [3.63, 3.8) is 0 Å². The van der Waals surface area contributed by atoms with Crippen molar-refractivity contribution in [2.24, 2.45) is 5.73 Å². The lowest BCUT2D eigenvalue weighted by molar-refractivity contribution is 0.0386. The van der Waals surface area contributed by atoms with Crippen molar-refractivity contribution >= 4 is 10.4 Å². The van der Waals surface area contributed by atoms with Crippen molar-refractivity contribution in [1.29, 1.82) is 0 Å². The van der Waals surface area contributed by atoms with Gasteiger partial charge in [-0.25, -0.2) is 4.18 Å². The first kappa shape index (κ1) is 18.4. The third-order valence-corrected chi connectivity index (χ3v) is 4.45. The van der Waals surface area contributed by atoms with Crippen LogP contribution in [0.25, 0.3) is 0 Å². The molecule has 2 aromatic carbocycles. The molecule has 7 heteroatoms. The Balaban J connectivity index is 2.16. The van der Waals surface area contributed by atoms with E-state index in [0.717, 1.165) is 12.7 Å². The molecule has 24 heavy (non-hydrogen) atoms. The first-order valence-electron chi connectivity index (χ1n) is 7.40. The third-order valence-electron chi connectivity index (χ3n) is 3.54. The molecule has 0 bridgehead atoms. The predicted molar refractivity (Wildman–Crippen MR) is 90.6 cm³/mol. The molecule has 0 fully saturated rings. The highest BCUT2D eigenvalue weighted by Gasteiger charge is 2.34. The molecule has 0 amide bonds. The highest BCUT2D eigenvalue weighted by Crippen LogP contribution is 2.27. The second-order valence-electron chi connectivity index (χ2n) is 5.28. The van der Waals surface area contributed by atoms with Crippen molar-refractivity contribution < 1.29 is 21.5 Å². The summed E-state index contributed by atoms with van der Waals surface area (Å²) in [6.07, 6.45) is 0.119. The van der Waals surface area contributed by atoms with Crippen LogP contribution in [0.2, 0.25) is 0 Å². The Labute approximate surface area is 142 Å². The fraction of sp³-hybridized carbons (Fsp3) is 0.294. The Morgan fingerprint density at radius 1 is 1.04 bits per heavy atom. The molecule has 6 nitrogen and oxygen atoms in total. The molecular formula is C17H21NO5S. The summed E-state index contributed by atoms with van der Waals surface area (Å²) in [7, 11) is -3.19. The van der Waals surface area contributed by atoms with Gasteiger partial charge in [-0.1, -0.05) is 48.5 Å². The zero-order chi connectivity index (χ0) is 17.6. The first-order chi connectivity index (χ1) is 11.4. The number of hydrogen-bond donors (Lipinski definition) is 1. The highest BCUT2D eigenvalue weighted by molar-refractivity contribution is 7.81. The number of nitrogens with two attached hydrogens (primary N) is 1. The monoisotopic (exact) mass is 351 g/mol. The standard InChI is InChI=1S/C17H21NO5S/c1-14-8-6-7-11-16(14)22-13-12-17(18,23-24(19,20)21-2)15-9-4-3-5-10-15/h3-11H,12-13,18H2,1-2H3. The third kappa shape index (κ3) is 4.78. The van der Waals surface area contributed by atoms with Crippen LogP contribution in [0.5, 0.6) is 5.75 Å².